The fraction of sp³-hybridized carbons (Fsp3) is 0.700. The minimum Gasteiger partial charge on any atom is -0.387 e. The summed E-state index contributed by atoms with van der Waals surface area (Å²) in [6.07, 6.45) is 1.93. The van der Waals surface area contributed by atoms with Gasteiger partial charge in [-0.1, -0.05) is 0 Å². The van der Waals surface area contributed by atoms with Gasteiger partial charge < -0.3 is 9.63 Å². The summed E-state index contributed by atoms with van der Waals surface area (Å²) in [6.45, 7) is 3.83. The smallest absolute Gasteiger partial charge is 0.0984 e. The van der Waals surface area contributed by atoms with Gasteiger partial charge in [0.05, 0.1) is 37.1 Å². The van der Waals surface area contributed by atoms with Crippen molar-refractivity contribution in [2.24, 2.45) is 5.92 Å². The number of nitrogens with zero attached hydrogens (tertiary/aromatic N) is 2. The minimum atomic E-state index is -0.344. The maximum Gasteiger partial charge on any atom is 0.0984 e. The van der Waals surface area contributed by atoms with Gasteiger partial charge in [0.25, 0.3) is 0 Å². The molecule has 1 aliphatic rings. The largest absolute Gasteiger partial charge is 0.387 e. The van der Waals surface area contributed by atoms with Gasteiger partial charge in [-0.3, -0.25) is 4.68 Å². The van der Waals surface area contributed by atoms with E-state index in [9.17, 15) is 5.11 Å². The Kier molecular flexibility index (Phi) is 4.58. The Morgan fingerprint density at radius 3 is 3.12 bits per heavy atom. The Bertz CT molecular complexity index is 355. The lowest BCUT2D eigenvalue weighted by Crippen LogP contribution is -2.13. The maximum atomic E-state index is 10.1. The molecule has 1 N–H and O–H groups in total. The molecule has 6 heteroatoms. The Hall–Kier alpha value is 0.290. The van der Waals surface area contributed by atoms with Crippen molar-refractivity contribution < 1.29 is 9.63 Å². The molecular weight excluding hydrogens is 338 g/mol. The first kappa shape index (κ1) is 12.7. The first-order chi connectivity index (χ1) is 7.72. The molecule has 1 saturated carbocycles. The number of aliphatic hydroxyl groups is 1. The molecule has 1 fully saturated rings. The van der Waals surface area contributed by atoms with Crippen molar-refractivity contribution in [1.29, 1.82) is 0 Å². The molecule has 1 aromatic rings. The van der Waals surface area contributed by atoms with Gasteiger partial charge in [0.1, 0.15) is 0 Å². The molecule has 0 radical (unpaired) electrons. The van der Waals surface area contributed by atoms with Crippen LogP contribution in [0.25, 0.3) is 0 Å². The Morgan fingerprint density at radius 1 is 1.75 bits per heavy atom. The van der Waals surface area contributed by atoms with Crippen LogP contribution in [0.1, 0.15) is 30.3 Å². The highest BCUT2D eigenvalue weighted by molar-refractivity contribution is 14.2. The molecule has 0 saturated heterocycles. The Balaban J connectivity index is 2.03. The summed E-state index contributed by atoms with van der Waals surface area (Å²) in [7, 11) is 0. The zero-order chi connectivity index (χ0) is 11.5. The lowest BCUT2D eigenvalue weighted by Gasteiger charge is -2.12. The van der Waals surface area contributed by atoms with Gasteiger partial charge in [-0.15, -0.1) is 0 Å². The summed E-state index contributed by atoms with van der Waals surface area (Å²) in [5, 5.41) is 14.5. The van der Waals surface area contributed by atoms with Gasteiger partial charge in [-0.05, 0) is 53.8 Å². The van der Waals surface area contributed by atoms with E-state index < -0.39 is 0 Å². The Morgan fingerprint density at radius 2 is 2.50 bits per heavy atom. The zero-order valence-electron chi connectivity index (χ0n) is 9.19. The molecule has 1 aliphatic carbocycles. The van der Waals surface area contributed by atoms with Gasteiger partial charge in [0, 0.05) is 0 Å². The predicted octanol–water partition coefficient (Wildman–Crippen LogP) is 2.60. The van der Waals surface area contributed by atoms with Crippen LogP contribution in [0, 0.1) is 12.8 Å². The third-order valence-corrected chi connectivity index (χ3v) is 4.01. The normalized spacial score (nSPS) is 18.4. The number of rotatable bonds is 6. The quantitative estimate of drug-likeness (QED) is 0.485. The number of halogens is 1. The molecule has 2 rings (SSSR count). The Labute approximate surface area is 110 Å². The van der Waals surface area contributed by atoms with Gasteiger partial charge >= 0.3 is 0 Å². The third-order valence-electron chi connectivity index (χ3n) is 2.76. The predicted molar refractivity (Wildman–Crippen MR) is 72.9 cm³/mol. The van der Waals surface area contributed by atoms with Crippen molar-refractivity contribution in [3.05, 3.63) is 17.5 Å². The van der Waals surface area contributed by atoms with E-state index in [-0.39, 0.29) is 6.10 Å². The molecule has 0 aromatic carbocycles. The first-order valence-electron chi connectivity index (χ1n) is 5.42. The average molecular weight is 354 g/mol. The summed E-state index contributed by atoms with van der Waals surface area (Å²) in [5.41, 5.74) is 1.91. The van der Waals surface area contributed by atoms with Gasteiger partial charge in [0.15, 0.2) is 0 Å². The van der Waals surface area contributed by atoms with Gasteiger partial charge in [-0.25, -0.2) is 0 Å². The number of aliphatic hydroxyl groups excluding tert-OH is 1. The molecule has 0 spiro atoms. The SMILES string of the molecule is Cc1cc(C(O)C2CC2)n(CCOPI)n1. The van der Waals surface area contributed by atoms with Gasteiger partial charge in [-0.2, -0.15) is 5.10 Å². The summed E-state index contributed by atoms with van der Waals surface area (Å²) >= 11 is 2.20. The van der Waals surface area contributed by atoms with Crippen molar-refractivity contribution in [2.45, 2.75) is 32.4 Å². The molecule has 1 heterocycles. The number of aromatic nitrogens is 2. The van der Waals surface area contributed by atoms with Crippen molar-refractivity contribution in [2.75, 3.05) is 6.61 Å². The molecule has 2 unspecified atom stereocenters. The third kappa shape index (κ3) is 3.15. The van der Waals surface area contributed by atoms with Crippen LogP contribution in [0.3, 0.4) is 0 Å². The van der Waals surface area contributed by atoms with Crippen LogP contribution < -0.4 is 0 Å². The number of hydrogen-bond donors (Lipinski definition) is 1. The topological polar surface area (TPSA) is 47.3 Å². The highest BCUT2D eigenvalue weighted by Crippen LogP contribution is 2.40. The van der Waals surface area contributed by atoms with Crippen LogP contribution in [0.5, 0.6) is 0 Å². The molecular formula is C10H16IN2O2P. The van der Waals surface area contributed by atoms with E-state index in [1.165, 1.54) is 0 Å². The molecule has 16 heavy (non-hydrogen) atoms. The first-order valence-corrected chi connectivity index (χ1v) is 9.44. The second-order valence-electron chi connectivity index (χ2n) is 4.14. The summed E-state index contributed by atoms with van der Waals surface area (Å²) in [5.74, 6) is 0.446. The van der Waals surface area contributed by atoms with E-state index in [1.54, 1.807) is 0 Å². The van der Waals surface area contributed by atoms with E-state index in [1.807, 2.05) is 17.7 Å². The molecule has 1 aromatic heterocycles. The van der Waals surface area contributed by atoms with Crippen molar-refractivity contribution in [1.82, 2.24) is 9.78 Å². The molecule has 90 valence electrons. The fourth-order valence-corrected chi connectivity index (χ4v) is 2.64. The van der Waals surface area contributed by atoms with Crippen molar-refractivity contribution in [3.63, 3.8) is 0 Å². The van der Waals surface area contributed by atoms with Crippen LogP contribution in [0.2, 0.25) is 0 Å². The minimum absolute atomic E-state index is 0.344. The molecule has 0 bridgehead atoms. The highest BCUT2D eigenvalue weighted by Gasteiger charge is 2.32. The highest BCUT2D eigenvalue weighted by atomic mass is 127. The number of aryl methyl sites for hydroxylation is 1. The molecule has 0 aliphatic heterocycles. The monoisotopic (exact) mass is 354 g/mol. The maximum absolute atomic E-state index is 10.1. The van der Waals surface area contributed by atoms with Crippen LogP contribution in [-0.4, -0.2) is 21.5 Å². The van der Waals surface area contributed by atoms with E-state index >= 15 is 0 Å². The van der Waals surface area contributed by atoms with Crippen molar-refractivity contribution >= 4 is 28.5 Å². The average Bonchev–Trinajstić information content (AvgIpc) is 3.03. The van der Waals surface area contributed by atoms with Gasteiger partial charge in [0.2, 0.25) is 0 Å². The van der Waals surface area contributed by atoms with E-state index in [0.29, 0.717) is 19.0 Å². The molecule has 2 atom stereocenters. The lowest BCUT2D eigenvalue weighted by molar-refractivity contribution is 0.141. The van der Waals surface area contributed by atoms with E-state index in [2.05, 4.69) is 27.1 Å². The summed E-state index contributed by atoms with van der Waals surface area (Å²) in [6, 6.07) is 1.98. The van der Waals surface area contributed by atoms with Crippen molar-refractivity contribution in [3.8, 4) is 0 Å². The summed E-state index contributed by atoms with van der Waals surface area (Å²) in [4.78, 5) is 0. The van der Waals surface area contributed by atoms with Crippen LogP contribution in [0.4, 0.5) is 0 Å². The second-order valence-corrected chi connectivity index (χ2v) is 5.91. The molecule has 0 amide bonds. The molecule has 4 nitrogen and oxygen atoms in total. The van der Waals surface area contributed by atoms with Crippen LogP contribution in [-0.2, 0) is 11.1 Å². The van der Waals surface area contributed by atoms with E-state index in [0.717, 1.165) is 30.8 Å². The number of hydrogen-bond acceptors (Lipinski definition) is 3. The van der Waals surface area contributed by atoms with Crippen LogP contribution in [0.15, 0.2) is 6.07 Å². The summed E-state index contributed by atoms with van der Waals surface area (Å²) < 4.78 is 7.21. The van der Waals surface area contributed by atoms with E-state index in [4.69, 9.17) is 4.52 Å². The van der Waals surface area contributed by atoms with Crippen LogP contribution >= 0.6 is 28.5 Å². The lowest BCUT2D eigenvalue weighted by atomic mass is 10.1. The standard InChI is InChI=1S/C10H16IN2O2P/c1-7-6-9(10(14)8-2-3-8)13(12-7)4-5-15-16-11/h6,8,10,14,16H,2-5H2,1H3. The fourth-order valence-electron chi connectivity index (χ4n) is 1.81. The zero-order valence-corrected chi connectivity index (χ0v) is 12.3. The second kappa shape index (κ2) is 5.76.